The molecule has 0 bridgehead atoms. The van der Waals surface area contributed by atoms with E-state index in [1.165, 1.54) is 35.6 Å². The van der Waals surface area contributed by atoms with E-state index in [4.69, 9.17) is 16.3 Å². The summed E-state index contributed by atoms with van der Waals surface area (Å²) >= 11 is 7.06. The Labute approximate surface area is 151 Å². The van der Waals surface area contributed by atoms with E-state index in [0.29, 0.717) is 10.8 Å². The molecule has 0 unspecified atom stereocenters. The Hall–Kier alpha value is -2.51. The number of nitrogens with one attached hydrogen (secondary N) is 1. The van der Waals surface area contributed by atoms with Crippen molar-refractivity contribution in [2.24, 2.45) is 0 Å². The van der Waals surface area contributed by atoms with Crippen LogP contribution in [0.1, 0.15) is 0 Å². The molecule has 25 heavy (non-hydrogen) atoms. The molecular formula is C17H11ClF2N2O2S. The second-order valence-electron chi connectivity index (χ2n) is 4.96. The fraction of sp³-hybridized carbons (Fsp3) is 0.0588. The van der Waals surface area contributed by atoms with E-state index in [-0.39, 0.29) is 23.2 Å². The van der Waals surface area contributed by atoms with Crippen molar-refractivity contribution < 1.29 is 18.3 Å². The summed E-state index contributed by atoms with van der Waals surface area (Å²) in [6.45, 7) is -0.295. The summed E-state index contributed by atoms with van der Waals surface area (Å²) in [5.41, 5.74) is 1.37. The average molecular weight is 381 g/mol. The first-order valence-electron chi connectivity index (χ1n) is 7.10. The maximum Gasteiger partial charge on any atom is 0.264 e. The third-order valence-corrected chi connectivity index (χ3v) is 4.20. The Morgan fingerprint density at radius 3 is 2.60 bits per heavy atom. The molecule has 0 radical (unpaired) electrons. The number of rotatable bonds is 5. The third-order valence-electron chi connectivity index (χ3n) is 3.14. The highest BCUT2D eigenvalue weighted by atomic mass is 35.5. The molecule has 4 nitrogen and oxygen atoms in total. The highest BCUT2D eigenvalue weighted by molar-refractivity contribution is 7.14. The summed E-state index contributed by atoms with van der Waals surface area (Å²) in [7, 11) is 0. The molecule has 8 heteroatoms. The molecule has 0 saturated carbocycles. The number of hydrogen-bond acceptors (Lipinski definition) is 4. The van der Waals surface area contributed by atoms with Crippen molar-refractivity contribution in [2.45, 2.75) is 0 Å². The SMILES string of the molecule is O=C(COc1ccc(F)cc1Cl)Nc1nc(-c2ccc(F)cc2)cs1. The van der Waals surface area contributed by atoms with Crippen LogP contribution in [0.2, 0.25) is 5.02 Å². The van der Waals surface area contributed by atoms with E-state index in [9.17, 15) is 13.6 Å². The van der Waals surface area contributed by atoms with Crippen LogP contribution >= 0.6 is 22.9 Å². The Bertz CT molecular complexity index is 900. The topological polar surface area (TPSA) is 51.2 Å². The number of nitrogens with zero attached hydrogens (tertiary/aromatic N) is 1. The van der Waals surface area contributed by atoms with Gasteiger partial charge in [-0.3, -0.25) is 10.1 Å². The van der Waals surface area contributed by atoms with Crippen LogP contribution in [0.15, 0.2) is 47.8 Å². The van der Waals surface area contributed by atoms with Gasteiger partial charge in [0.1, 0.15) is 17.4 Å². The molecule has 0 aliphatic rings. The first-order valence-corrected chi connectivity index (χ1v) is 8.36. The van der Waals surface area contributed by atoms with Gasteiger partial charge in [0.2, 0.25) is 0 Å². The van der Waals surface area contributed by atoms with Gasteiger partial charge < -0.3 is 4.74 Å². The largest absolute Gasteiger partial charge is 0.482 e. The second-order valence-corrected chi connectivity index (χ2v) is 6.22. The smallest absolute Gasteiger partial charge is 0.264 e. The predicted molar refractivity (Wildman–Crippen MR) is 93.0 cm³/mol. The molecule has 2 aromatic carbocycles. The second kappa shape index (κ2) is 7.58. The maximum absolute atomic E-state index is 13.0. The summed E-state index contributed by atoms with van der Waals surface area (Å²) in [6, 6.07) is 9.53. The summed E-state index contributed by atoms with van der Waals surface area (Å²) in [4.78, 5) is 16.2. The van der Waals surface area contributed by atoms with Gasteiger partial charge in [-0.05, 0) is 42.5 Å². The van der Waals surface area contributed by atoms with Crippen LogP contribution in [0.4, 0.5) is 13.9 Å². The van der Waals surface area contributed by atoms with Crippen molar-refractivity contribution in [1.29, 1.82) is 0 Å². The van der Waals surface area contributed by atoms with Crippen LogP contribution in [0.5, 0.6) is 5.75 Å². The van der Waals surface area contributed by atoms with Gasteiger partial charge in [-0.15, -0.1) is 11.3 Å². The first kappa shape index (κ1) is 17.3. The van der Waals surface area contributed by atoms with Crippen molar-refractivity contribution in [3.8, 4) is 17.0 Å². The van der Waals surface area contributed by atoms with Gasteiger partial charge in [-0.2, -0.15) is 0 Å². The van der Waals surface area contributed by atoms with E-state index in [2.05, 4.69) is 10.3 Å². The molecule has 0 atom stereocenters. The molecule has 3 rings (SSSR count). The van der Waals surface area contributed by atoms with Crippen LogP contribution in [0.3, 0.4) is 0 Å². The van der Waals surface area contributed by atoms with Crippen LogP contribution in [-0.2, 0) is 4.79 Å². The molecule has 0 aliphatic carbocycles. The summed E-state index contributed by atoms with van der Waals surface area (Å²) in [6.07, 6.45) is 0. The minimum Gasteiger partial charge on any atom is -0.482 e. The van der Waals surface area contributed by atoms with Gasteiger partial charge in [-0.25, -0.2) is 13.8 Å². The third kappa shape index (κ3) is 4.52. The number of thiazole rings is 1. The Morgan fingerprint density at radius 1 is 1.16 bits per heavy atom. The fourth-order valence-electron chi connectivity index (χ4n) is 1.98. The fourth-order valence-corrected chi connectivity index (χ4v) is 2.93. The summed E-state index contributed by atoms with van der Waals surface area (Å²) in [5.74, 6) is -1.04. The lowest BCUT2D eigenvalue weighted by atomic mass is 10.2. The van der Waals surface area contributed by atoms with Gasteiger partial charge in [0.05, 0.1) is 10.7 Å². The summed E-state index contributed by atoms with van der Waals surface area (Å²) in [5, 5.41) is 4.82. The highest BCUT2D eigenvalue weighted by Crippen LogP contribution is 2.26. The van der Waals surface area contributed by atoms with E-state index >= 15 is 0 Å². The number of amides is 1. The molecule has 0 aliphatic heterocycles. The van der Waals surface area contributed by atoms with E-state index in [0.717, 1.165) is 11.6 Å². The van der Waals surface area contributed by atoms with Gasteiger partial charge in [0, 0.05) is 10.9 Å². The van der Waals surface area contributed by atoms with Gasteiger partial charge in [0.25, 0.3) is 5.91 Å². The molecule has 1 amide bonds. The normalized spacial score (nSPS) is 10.5. The average Bonchev–Trinajstić information content (AvgIpc) is 3.03. The van der Waals surface area contributed by atoms with E-state index < -0.39 is 11.7 Å². The Balaban J connectivity index is 1.59. The molecule has 3 aromatic rings. The molecule has 1 N–H and O–H groups in total. The van der Waals surface area contributed by atoms with Crippen molar-refractivity contribution >= 4 is 34.0 Å². The number of carbonyl (C=O) groups is 1. The van der Waals surface area contributed by atoms with E-state index in [1.807, 2.05) is 0 Å². The monoisotopic (exact) mass is 380 g/mol. The number of carbonyl (C=O) groups excluding carboxylic acids is 1. The zero-order chi connectivity index (χ0) is 17.8. The van der Waals surface area contributed by atoms with Crippen molar-refractivity contribution in [3.05, 3.63) is 64.5 Å². The zero-order valence-electron chi connectivity index (χ0n) is 12.6. The van der Waals surface area contributed by atoms with Gasteiger partial charge >= 0.3 is 0 Å². The molecule has 1 aromatic heterocycles. The lowest BCUT2D eigenvalue weighted by Crippen LogP contribution is -2.20. The van der Waals surface area contributed by atoms with Crippen LogP contribution in [0, 0.1) is 11.6 Å². The standard InChI is InChI=1S/C17H11ClF2N2O2S/c18-13-7-12(20)5-6-15(13)24-8-16(23)22-17-21-14(9-25-17)10-1-3-11(19)4-2-10/h1-7,9H,8H2,(H,21,22,23). The summed E-state index contributed by atoms with van der Waals surface area (Å²) < 4.78 is 31.1. The lowest BCUT2D eigenvalue weighted by Gasteiger charge is -2.07. The zero-order valence-corrected chi connectivity index (χ0v) is 14.2. The van der Waals surface area contributed by atoms with Crippen LogP contribution in [0.25, 0.3) is 11.3 Å². The van der Waals surface area contributed by atoms with E-state index in [1.54, 1.807) is 17.5 Å². The minimum atomic E-state index is -0.488. The van der Waals surface area contributed by atoms with Crippen LogP contribution in [-0.4, -0.2) is 17.5 Å². The molecule has 0 saturated heterocycles. The Kier molecular flexibility index (Phi) is 5.25. The number of hydrogen-bond donors (Lipinski definition) is 1. The Morgan fingerprint density at radius 2 is 1.88 bits per heavy atom. The highest BCUT2D eigenvalue weighted by Gasteiger charge is 2.10. The number of ether oxygens (including phenoxy) is 1. The first-order chi connectivity index (χ1) is 12.0. The lowest BCUT2D eigenvalue weighted by molar-refractivity contribution is -0.118. The van der Waals surface area contributed by atoms with Gasteiger partial charge in [0.15, 0.2) is 11.7 Å². The number of aromatic nitrogens is 1. The molecule has 128 valence electrons. The molecule has 0 fully saturated rings. The van der Waals surface area contributed by atoms with Gasteiger partial charge in [-0.1, -0.05) is 11.6 Å². The number of benzene rings is 2. The molecule has 0 spiro atoms. The quantitative estimate of drug-likeness (QED) is 0.694. The van der Waals surface area contributed by atoms with Crippen molar-refractivity contribution in [2.75, 3.05) is 11.9 Å². The number of anilines is 1. The minimum absolute atomic E-state index is 0.0839. The maximum atomic E-state index is 13.0. The van der Waals surface area contributed by atoms with Crippen molar-refractivity contribution in [1.82, 2.24) is 4.98 Å². The van der Waals surface area contributed by atoms with Crippen molar-refractivity contribution in [3.63, 3.8) is 0 Å². The number of halogens is 3. The predicted octanol–water partition coefficient (Wildman–Crippen LogP) is 4.76. The van der Waals surface area contributed by atoms with Crippen LogP contribution < -0.4 is 10.1 Å². The molecule has 1 heterocycles. The molecular weight excluding hydrogens is 370 g/mol.